The monoisotopic (exact) mass is 360 g/mol. The van der Waals surface area contributed by atoms with Gasteiger partial charge in [0.15, 0.2) is 5.60 Å². The fraction of sp³-hybridized carbons (Fsp3) is 0.500. The molecule has 17 heavy (non-hydrogen) atoms. The Morgan fingerprint density at radius 1 is 0.882 bits per heavy atom. The number of aliphatic hydroxyl groups is 1. The van der Waals surface area contributed by atoms with E-state index in [2.05, 4.69) is 0 Å². The molecule has 11 heteroatoms. The molecule has 84 valence electrons. The topological polar surface area (TPSA) is 132 Å². The van der Waals surface area contributed by atoms with Crippen molar-refractivity contribution in [3.05, 3.63) is 0 Å². The van der Waals surface area contributed by atoms with Crippen molar-refractivity contribution in [2.75, 3.05) is 0 Å². The number of carboxylic acids is 3. The summed E-state index contributed by atoms with van der Waals surface area (Å²) < 4.78 is 0. The number of carboxylic acid groups (broad SMARTS) is 3. The molecule has 0 atom stereocenters. The van der Waals surface area contributed by atoms with Crippen molar-refractivity contribution in [3.8, 4) is 0 Å². The van der Waals surface area contributed by atoms with Crippen LogP contribution in [0.4, 0.5) is 0 Å². The third kappa shape index (κ3) is 16.2. The molecule has 0 bridgehead atoms. The molecule has 0 aromatic rings. The molecular weight excluding hydrogens is 349 g/mol. The summed E-state index contributed by atoms with van der Waals surface area (Å²) in [4.78, 5) is 30.5. The summed E-state index contributed by atoms with van der Waals surface area (Å²) in [5, 5.41) is 33.8. The second-order valence-electron chi connectivity index (χ2n) is 2.48. The van der Waals surface area contributed by atoms with Gasteiger partial charge in [0.2, 0.25) is 0 Å². The van der Waals surface area contributed by atoms with Gasteiger partial charge in [0.05, 0.1) is 12.8 Å². The molecule has 0 spiro atoms. The number of rotatable bonds is 5. The van der Waals surface area contributed by atoms with E-state index in [0.717, 1.165) is 0 Å². The van der Waals surface area contributed by atoms with Crippen molar-refractivity contribution in [3.63, 3.8) is 0 Å². The molecule has 0 fully saturated rings. The van der Waals surface area contributed by atoms with Gasteiger partial charge in [0.1, 0.15) is 0 Å². The molecule has 0 rings (SSSR count). The molecular formula is C6H11K3O7Ti. The Morgan fingerprint density at radius 2 is 1.12 bits per heavy atom. The first kappa shape index (κ1) is 32.8. The van der Waals surface area contributed by atoms with Gasteiger partial charge in [-0.05, 0) is 0 Å². The largest absolute Gasteiger partial charge is 1.00 e. The van der Waals surface area contributed by atoms with Crippen LogP contribution in [-0.2, 0) is 36.1 Å². The van der Waals surface area contributed by atoms with Crippen LogP contribution in [0, 0.1) is 0 Å². The van der Waals surface area contributed by atoms with E-state index in [0.29, 0.717) is 0 Å². The Bertz CT molecular complexity index is 256. The molecule has 0 aliphatic rings. The van der Waals surface area contributed by atoms with Crippen LogP contribution in [0.25, 0.3) is 0 Å². The summed E-state index contributed by atoms with van der Waals surface area (Å²) in [6.07, 6.45) is -2.29. The van der Waals surface area contributed by atoms with Gasteiger partial charge in [-0.25, -0.2) is 4.79 Å². The molecule has 0 unspecified atom stereocenters. The zero-order valence-corrected chi connectivity index (χ0v) is 20.9. The van der Waals surface area contributed by atoms with Gasteiger partial charge in [-0.2, -0.15) is 0 Å². The van der Waals surface area contributed by atoms with Gasteiger partial charge >= 0.3 is 172 Å². The first-order valence-corrected chi connectivity index (χ1v) is 3.17. The minimum Gasteiger partial charge on any atom is -1.00 e. The molecule has 0 amide bonds. The van der Waals surface area contributed by atoms with E-state index in [1.165, 1.54) is 0 Å². The van der Waals surface area contributed by atoms with Gasteiger partial charge < -0.3 is 24.7 Å². The Hall–Kier alpha value is 3.99. The maximum absolute atomic E-state index is 10.3. The van der Waals surface area contributed by atoms with Crippen LogP contribution < -0.4 is 154 Å². The summed E-state index contributed by atoms with van der Waals surface area (Å²) in [5.74, 6) is -5.02. The van der Waals surface area contributed by atoms with Gasteiger partial charge in [0, 0.05) is 21.7 Å². The third-order valence-corrected chi connectivity index (χ3v) is 1.29. The van der Waals surface area contributed by atoms with Crippen LogP contribution >= 0.6 is 0 Å². The van der Waals surface area contributed by atoms with Crippen LogP contribution in [0.15, 0.2) is 0 Å². The molecule has 0 heterocycles. The van der Waals surface area contributed by atoms with Crippen LogP contribution in [0.2, 0.25) is 0 Å². The smallest absolute Gasteiger partial charge is 1.00 e. The van der Waals surface area contributed by atoms with E-state index in [4.69, 9.17) is 20.4 Å². The summed E-state index contributed by atoms with van der Waals surface area (Å²) in [7, 11) is 0. The second kappa shape index (κ2) is 16.4. The van der Waals surface area contributed by atoms with Crippen molar-refractivity contribution in [2.24, 2.45) is 0 Å². The number of carbonyl (C=O) groups is 3. The molecule has 0 saturated carbocycles. The van der Waals surface area contributed by atoms with Crippen LogP contribution in [-0.4, -0.2) is 43.9 Å². The van der Waals surface area contributed by atoms with E-state index in [-0.39, 0.29) is 180 Å². The summed E-state index contributed by atoms with van der Waals surface area (Å²) in [6.45, 7) is 0. The molecule has 0 aromatic carbocycles. The van der Waals surface area contributed by atoms with Crippen molar-refractivity contribution in [2.45, 2.75) is 18.4 Å². The van der Waals surface area contributed by atoms with Gasteiger partial charge in [-0.15, -0.1) is 0 Å². The number of hydrogen-bond donors (Lipinski definition) is 4. The Kier molecular flexibility index (Phi) is 31.6. The van der Waals surface area contributed by atoms with Crippen LogP contribution in [0.1, 0.15) is 17.1 Å². The van der Waals surface area contributed by atoms with Gasteiger partial charge in [-0.1, -0.05) is 0 Å². The first-order valence-electron chi connectivity index (χ1n) is 3.17. The van der Waals surface area contributed by atoms with E-state index >= 15 is 0 Å². The maximum Gasteiger partial charge on any atom is 1.00 e. The molecule has 0 aliphatic carbocycles. The maximum atomic E-state index is 10.3. The Morgan fingerprint density at radius 3 is 1.24 bits per heavy atom. The second-order valence-corrected chi connectivity index (χ2v) is 2.48. The standard InChI is InChI=1S/C6H8O7.3K.Ti.3H/c7-3(8)1-6(13,5(11)12)2-4(9)10;;;;;;;/h13H,1-2H2,(H,7,8)(H,9,10)(H,11,12);;;;;;;/q;3*+1;;3*-1. The average molecular weight is 360 g/mol. The van der Waals surface area contributed by atoms with Gasteiger partial charge in [-0.3, -0.25) is 9.59 Å². The minimum atomic E-state index is -2.74. The zero-order chi connectivity index (χ0) is 10.6. The van der Waals surface area contributed by atoms with Crippen molar-refractivity contribution >= 4 is 17.9 Å². The van der Waals surface area contributed by atoms with Crippen molar-refractivity contribution < 1.29 is 215 Å². The SMILES string of the molecule is O=C(O)CC(O)(CC(=O)O)C(=O)O.[H-].[H-].[H-].[K+].[K+].[K+].[Ti]. The first-order chi connectivity index (χ1) is 5.78. The summed E-state index contributed by atoms with van der Waals surface area (Å²) in [6, 6.07) is 0. The number of hydrogen-bond acceptors (Lipinski definition) is 4. The minimum absolute atomic E-state index is 0. The summed E-state index contributed by atoms with van der Waals surface area (Å²) in [5.41, 5.74) is -2.74. The normalized spacial score (nSPS) is 8.29. The van der Waals surface area contributed by atoms with Crippen molar-refractivity contribution in [1.29, 1.82) is 0 Å². The predicted molar refractivity (Wildman–Crippen MR) is 40.4 cm³/mol. The fourth-order valence-corrected chi connectivity index (χ4v) is 0.714. The van der Waals surface area contributed by atoms with E-state index in [1.54, 1.807) is 0 Å². The Balaban J connectivity index is -0.0000000343. The number of aliphatic carboxylic acids is 3. The fourth-order valence-electron chi connectivity index (χ4n) is 0.714. The van der Waals surface area contributed by atoms with Crippen LogP contribution in [0.3, 0.4) is 0 Å². The quantitative estimate of drug-likeness (QED) is 0.358. The van der Waals surface area contributed by atoms with E-state index in [1.807, 2.05) is 0 Å². The van der Waals surface area contributed by atoms with Crippen LogP contribution in [0.5, 0.6) is 0 Å². The van der Waals surface area contributed by atoms with Gasteiger partial charge in [0.25, 0.3) is 0 Å². The molecule has 4 N–H and O–H groups in total. The van der Waals surface area contributed by atoms with Crippen molar-refractivity contribution in [1.82, 2.24) is 0 Å². The predicted octanol–water partition coefficient (Wildman–Crippen LogP) is -9.90. The van der Waals surface area contributed by atoms with E-state index < -0.39 is 36.4 Å². The molecule has 7 nitrogen and oxygen atoms in total. The molecule has 0 aromatic heterocycles. The Labute approximate surface area is 244 Å². The van der Waals surface area contributed by atoms with E-state index in [9.17, 15) is 14.4 Å². The summed E-state index contributed by atoms with van der Waals surface area (Å²) >= 11 is 0. The molecule has 0 aliphatic heterocycles. The third-order valence-electron chi connectivity index (χ3n) is 1.29. The average Bonchev–Trinajstić information content (AvgIpc) is 1.82. The molecule has 0 saturated heterocycles. The molecule has 0 radical (unpaired) electrons. The zero-order valence-electron chi connectivity index (χ0n) is 12.9.